The lowest BCUT2D eigenvalue weighted by Crippen LogP contribution is -2.46. The number of nitrogens with one attached hydrogen (secondary N) is 2. The number of carbonyl (C=O) groups is 4. The predicted octanol–water partition coefficient (Wildman–Crippen LogP) is 10.1. The summed E-state index contributed by atoms with van der Waals surface area (Å²) in [5, 5.41) is 5.40. The van der Waals surface area contributed by atoms with E-state index in [1.165, 1.54) is 78.7 Å². The molecular formula is C51H66Cl2N4O8S2. The van der Waals surface area contributed by atoms with Crippen LogP contribution in [0.4, 0.5) is 0 Å². The fourth-order valence-corrected chi connectivity index (χ4v) is 9.15. The Kier molecular flexibility index (Phi) is 24.0. The van der Waals surface area contributed by atoms with Crippen molar-refractivity contribution in [3.05, 3.63) is 130 Å². The largest absolute Gasteiger partial charge is 0.349 e. The van der Waals surface area contributed by atoms with E-state index in [1.807, 2.05) is 38.1 Å². The number of amides is 3. The third kappa shape index (κ3) is 17.8. The van der Waals surface area contributed by atoms with Crippen LogP contribution in [0.2, 0.25) is 0 Å². The number of likely N-dealkylation sites (tertiary alicyclic amines) is 1. The van der Waals surface area contributed by atoms with Crippen LogP contribution in [0.1, 0.15) is 135 Å². The van der Waals surface area contributed by atoms with E-state index < -0.39 is 30.4 Å². The number of aryl methyl sites for hydroxylation is 2. The number of benzene rings is 4. The highest BCUT2D eigenvalue weighted by Gasteiger charge is 2.35. The van der Waals surface area contributed by atoms with Gasteiger partial charge >= 0.3 is 0 Å². The van der Waals surface area contributed by atoms with E-state index in [9.17, 15) is 36.0 Å². The zero-order valence-corrected chi connectivity index (χ0v) is 41.9. The van der Waals surface area contributed by atoms with Crippen molar-refractivity contribution in [3.8, 4) is 12.3 Å². The van der Waals surface area contributed by atoms with Gasteiger partial charge in [0.05, 0.1) is 28.4 Å². The number of nitrogens with zero attached hydrogens (tertiary/aromatic N) is 2. The Morgan fingerprint density at radius 2 is 1.21 bits per heavy atom. The summed E-state index contributed by atoms with van der Waals surface area (Å²) in [5.41, 5.74) is 4.88. The zero-order valence-electron chi connectivity index (χ0n) is 38.7. The Morgan fingerprint density at radius 1 is 0.746 bits per heavy atom. The van der Waals surface area contributed by atoms with Gasteiger partial charge in [-0.15, -0.1) is 6.42 Å². The summed E-state index contributed by atoms with van der Waals surface area (Å²) < 4.78 is 48.1. The van der Waals surface area contributed by atoms with Crippen molar-refractivity contribution in [1.29, 1.82) is 0 Å². The van der Waals surface area contributed by atoms with Crippen LogP contribution in [0.25, 0.3) is 0 Å². The molecule has 16 heteroatoms. The standard InChI is InChI=1S/C25H29N3O4S.C15H21NO.C7H4Cl2O3S.C3H8.CH4/c1-5-15-27(4)33(31,32)22-9-6-8-21(17-22)25(30)28-16-7-10-23(28)24(29)26-19(3)20-13-11-18(2)12-14-20;1-11-7-9-13(10-8-11)12(2)16-15(17)14-5-3-4-6-14;8-7(10)5-2-1-3-6(4-5)13(9,11)12;1-3-2;/h1,6,8-9,11-14,17,19,23H,7,10,15-16H2,2-4H3,(H,26,29);7-10,12,14H,3-6H2,1-2H3,(H,16,17);1-4H;3H2,1-2H3;1H4/t19-,23-;;;;/m1..../s1. The first-order valence-corrected chi connectivity index (χ1v) is 26.1. The molecule has 1 heterocycles. The fourth-order valence-electron chi connectivity index (χ4n) is 7.11. The third-order valence-electron chi connectivity index (χ3n) is 10.9. The molecule has 2 fully saturated rings. The number of hydrogen-bond acceptors (Lipinski definition) is 8. The number of rotatable bonds is 12. The first kappa shape index (κ1) is 58.1. The number of hydrogen-bond donors (Lipinski definition) is 2. The molecule has 6 rings (SSSR count). The maximum atomic E-state index is 13.2. The minimum absolute atomic E-state index is 0. The third-order valence-corrected chi connectivity index (χ3v) is 14.2. The second kappa shape index (κ2) is 27.7. The van der Waals surface area contributed by atoms with E-state index in [2.05, 4.69) is 68.5 Å². The second-order valence-corrected chi connectivity index (χ2v) is 21.3. The molecule has 1 saturated heterocycles. The minimum atomic E-state index is -3.82. The molecule has 2 aliphatic rings. The molecule has 0 bridgehead atoms. The van der Waals surface area contributed by atoms with E-state index in [1.54, 1.807) is 6.07 Å². The quantitative estimate of drug-likeness (QED) is 0.105. The summed E-state index contributed by atoms with van der Waals surface area (Å²) in [4.78, 5) is 50.2. The smallest absolute Gasteiger partial charge is 0.261 e. The Morgan fingerprint density at radius 3 is 1.69 bits per heavy atom. The van der Waals surface area contributed by atoms with Crippen LogP contribution in [0.15, 0.2) is 107 Å². The van der Waals surface area contributed by atoms with E-state index >= 15 is 0 Å². The van der Waals surface area contributed by atoms with Crippen molar-refractivity contribution in [2.24, 2.45) is 5.92 Å². The first-order chi connectivity index (χ1) is 31.1. The summed E-state index contributed by atoms with van der Waals surface area (Å²) in [5.74, 6) is 2.20. The minimum Gasteiger partial charge on any atom is -0.349 e. The lowest BCUT2D eigenvalue weighted by molar-refractivity contribution is -0.126. The second-order valence-electron chi connectivity index (χ2n) is 16.4. The molecule has 0 spiro atoms. The van der Waals surface area contributed by atoms with E-state index in [-0.39, 0.29) is 70.6 Å². The van der Waals surface area contributed by atoms with Crippen molar-refractivity contribution >= 4 is 64.3 Å². The molecule has 0 aromatic heterocycles. The molecular weight excluding hydrogens is 932 g/mol. The van der Waals surface area contributed by atoms with Gasteiger partial charge in [0.25, 0.3) is 20.2 Å². The topological polar surface area (TPSA) is 167 Å². The zero-order chi connectivity index (χ0) is 49.2. The molecule has 0 radical (unpaired) electrons. The van der Waals surface area contributed by atoms with E-state index in [0.29, 0.717) is 19.4 Å². The summed E-state index contributed by atoms with van der Waals surface area (Å²) in [6, 6.07) is 26.7. The number of carbonyl (C=O) groups excluding carboxylic acids is 4. The van der Waals surface area contributed by atoms with Gasteiger partial charge in [-0.3, -0.25) is 19.2 Å². The van der Waals surface area contributed by atoms with Gasteiger partial charge in [-0.2, -0.15) is 4.31 Å². The van der Waals surface area contributed by atoms with Crippen molar-refractivity contribution in [2.45, 2.75) is 122 Å². The van der Waals surface area contributed by atoms with Crippen molar-refractivity contribution in [1.82, 2.24) is 19.8 Å². The van der Waals surface area contributed by atoms with Crippen molar-refractivity contribution < 1.29 is 36.0 Å². The van der Waals surface area contributed by atoms with Gasteiger partial charge in [0.2, 0.25) is 21.8 Å². The Bertz CT molecular complexity index is 2520. The molecule has 67 heavy (non-hydrogen) atoms. The van der Waals surface area contributed by atoms with E-state index in [0.717, 1.165) is 34.3 Å². The number of terminal acetylenes is 1. The monoisotopic (exact) mass is 996 g/mol. The van der Waals surface area contributed by atoms with Gasteiger partial charge in [-0.25, -0.2) is 16.8 Å². The van der Waals surface area contributed by atoms with Crippen LogP contribution in [0.3, 0.4) is 0 Å². The average Bonchev–Trinajstić information content (AvgIpc) is 4.02. The molecule has 1 saturated carbocycles. The van der Waals surface area contributed by atoms with Gasteiger partial charge in [-0.05, 0) is 106 Å². The van der Waals surface area contributed by atoms with Gasteiger partial charge in [0.1, 0.15) is 6.04 Å². The summed E-state index contributed by atoms with van der Waals surface area (Å²) >= 11 is 5.15. The van der Waals surface area contributed by atoms with Crippen LogP contribution < -0.4 is 10.6 Å². The normalized spacial score (nSPS) is 15.4. The summed E-state index contributed by atoms with van der Waals surface area (Å²) in [6.07, 6.45) is 12.3. The van der Waals surface area contributed by atoms with Crippen LogP contribution in [-0.4, -0.2) is 75.2 Å². The van der Waals surface area contributed by atoms with Crippen LogP contribution in [0.5, 0.6) is 0 Å². The maximum Gasteiger partial charge on any atom is 0.261 e. The van der Waals surface area contributed by atoms with Crippen LogP contribution in [-0.2, 0) is 28.7 Å². The SMILES string of the molecule is C.C#CCN(C)S(=O)(=O)c1cccc(C(=O)N2CCC[C@@H]2C(=O)N[C@H](C)c2ccc(C)cc2)c1.CCC.Cc1ccc(C(C)NC(=O)C2CCCC2)cc1.O=C(Cl)c1cccc(S(=O)(=O)Cl)c1. The lowest BCUT2D eigenvalue weighted by Gasteiger charge is -2.26. The number of halogens is 2. The highest BCUT2D eigenvalue weighted by Crippen LogP contribution is 2.27. The fraction of sp³-hybridized carbons (Fsp3) is 0.412. The molecule has 1 aliphatic heterocycles. The molecule has 4 aromatic carbocycles. The highest BCUT2D eigenvalue weighted by molar-refractivity contribution is 8.13. The Labute approximate surface area is 408 Å². The molecule has 1 unspecified atom stereocenters. The molecule has 2 N–H and O–H groups in total. The lowest BCUT2D eigenvalue weighted by atomic mass is 10.0. The Balaban J connectivity index is 0.000000377. The van der Waals surface area contributed by atoms with Gasteiger partial charge in [-0.1, -0.05) is 124 Å². The predicted molar refractivity (Wildman–Crippen MR) is 269 cm³/mol. The Hall–Kier alpha value is -5.04. The molecule has 1 aliphatic carbocycles. The first-order valence-electron chi connectivity index (χ1n) is 21.9. The van der Waals surface area contributed by atoms with Gasteiger partial charge in [0.15, 0.2) is 0 Å². The van der Waals surface area contributed by atoms with Gasteiger partial charge < -0.3 is 15.5 Å². The molecule has 364 valence electrons. The molecule has 3 amide bonds. The van der Waals surface area contributed by atoms with Gasteiger partial charge in [0, 0.05) is 41.3 Å². The highest BCUT2D eigenvalue weighted by atomic mass is 35.7. The average molecular weight is 998 g/mol. The summed E-state index contributed by atoms with van der Waals surface area (Å²) in [7, 11) is -1.18. The van der Waals surface area contributed by atoms with Crippen LogP contribution >= 0.6 is 22.3 Å². The van der Waals surface area contributed by atoms with E-state index in [4.69, 9.17) is 28.7 Å². The number of sulfonamides is 1. The maximum absolute atomic E-state index is 13.2. The van der Waals surface area contributed by atoms with Crippen LogP contribution in [0, 0.1) is 32.1 Å². The molecule has 4 aromatic rings. The van der Waals surface area contributed by atoms with Crippen molar-refractivity contribution in [2.75, 3.05) is 20.1 Å². The van der Waals surface area contributed by atoms with Crippen molar-refractivity contribution in [3.63, 3.8) is 0 Å². The summed E-state index contributed by atoms with van der Waals surface area (Å²) in [6.45, 7) is 12.6. The molecule has 12 nitrogen and oxygen atoms in total. The molecule has 3 atom stereocenters.